The Morgan fingerprint density at radius 1 is 1.38 bits per heavy atom. The van der Waals surface area contributed by atoms with Gasteiger partial charge in [0.2, 0.25) is 0 Å². The molecule has 0 radical (unpaired) electrons. The summed E-state index contributed by atoms with van der Waals surface area (Å²) in [4.78, 5) is 0. The molecular weight excluding hydrogens is 219 g/mol. The van der Waals surface area contributed by atoms with Crippen molar-refractivity contribution in [2.75, 3.05) is 0 Å². The summed E-state index contributed by atoms with van der Waals surface area (Å²) in [6.07, 6.45) is -4.81. The Hall–Kier alpha value is -1.07. The molecule has 0 spiro atoms. The van der Waals surface area contributed by atoms with Crippen LogP contribution in [0, 0.1) is 0 Å². The minimum absolute atomic E-state index is 0.296. The fraction of sp³-hybridized carbons (Fsp3) is 0.455. The van der Waals surface area contributed by atoms with Crippen LogP contribution in [0.1, 0.15) is 30.5 Å². The fourth-order valence-electron chi connectivity index (χ4n) is 1.40. The number of hydrogen-bond donors (Lipinski definition) is 2. The summed E-state index contributed by atoms with van der Waals surface area (Å²) in [6.45, 7) is 1.72. The summed E-state index contributed by atoms with van der Waals surface area (Å²) in [7, 11) is 0. The van der Waals surface area contributed by atoms with Crippen LogP contribution in [0.4, 0.5) is 13.2 Å². The summed E-state index contributed by atoms with van der Waals surface area (Å²) < 4.78 is 37.2. The summed E-state index contributed by atoms with van der Waals surface area (Å²) in [6, 6.07) is 3.95. The second-order valence-corrected chi connectivity index (χ2v) is 3.62. The van der Waals surface area contributed by atoms with Crippen molar-refractivity contribution in [3.05, 3.63) is 35.4 Å². The molecule has 0 saturated heterocycles. The van der Waals surface area contributed by atoms with Crippen molar-refractivity contribution in [2.24, 2.45) is 5.73 Å². The van der Waals surface area contributed by atoms with E-state index in [9.17, 15) is 18.3 Å². The predicted molar refractivity (Wildman–Crippen MR) is 54.7 cm³/mol. The molecule has 0 bridgehead atoms. The standard InChI is InChI=1S/C11H14F3NO/c1-2-9(16)10(15)7-4-3-5-8(6-7)11(12,13)14/h3-6,9-10,16H,2,15H2,1H3/t9-,10+/m0/s1. The van der Waals surface area contributed by atoms with Crippen LogP contribution in [0.2, 0.25) is 0 Å². The van der Waals surface area contributed by atoms with Gasteiger partial charge in [0.05, 0.1) is 17.7 Å². The van der Waals surface area contributed by atoms with Crippen molar-refractivity contribution in [3.8, 4) is 0 Å². The maximum atomic E-state index is 12.4. The Morgan fingerprint density at radius 3 is 2.50 bits per heavy atom. The third-order valence-electron chi connectivity index (χ3n) is 2.43. The van der Waals surface area contributed by atoms with Crippen LogP contribution in [-0.4, -0.2) is 11.2 Å². The number of aliphatic hydroxyl groups is 1. The first-order chi connectivity index (χ1) is 7.36. The summed E-state index contributed by atoms with van der Waals surface area (Å²) in [5, 5.41) is 9.47. The second-order valence-electron chi connectivity index (χ2n) is 3.62. The molecule has 1 aromatic rings. The molecule has 0 aliphatic heterocycles. The Balaban J connectivity index is 2.99. The molecule has 1 aromatic carbocycles. The van der Waals surface area contributed by atoms with Gasteiger partial charge in [0, 0.05) is 0 Å². The minimum Gasteiger partial charge on any atom is -0.391 e. The summed E-state index contributed by atoms with van der Waals surface area (Å²) in [5.41, 5.74) is 5.19. The molecule has 1 rings (SSSR count). The SMILES string of the molecule is CC[C@H](O)[C@H](N)c1cccc(C(F)(F)F)c1. The third-order valence-corrected chi connectivity index (χ3v) is 2.43. The van der Waals surface area contributed by atoms with Gasteiger partial charge in [-0.05, 0) is 24.1 Å². The molecule has 3 N–H and O–H groups in total. The number of nitrogens with two attached hydrogens (primary N) is 1. The Bertz CT molecular complexity index is 351. The van der Waals surface area contributed by atoms with Crippen LogP contribution in [0.25, 0.3) is 0 Å². The van der Waals surface area contributed by atoms with Crippen molar-refractivity contribution in [2.45, 2.75) is 31.7 Å². The van der Waals surface area contributed by atoms with Crippen LogP contribution >= 0.6 is 0 Å². The molecule has 2 atom stereocenters. The number of alkyl halides is 3. The van der Waals surface area contributed by atoms with E-state index in [0.29, 0.717) is 12.0 Å². The minimum atomic E-state index is -4.38. The highest BCUT2D eigenvalue weighted by Crippen LogP contribution is 2.31. The van der Waals surface area contributed by atoms with Gasteiger partial charge < -0.3 is 10.8 Å². The number of hydrogen-bond acceptors (Lipinski definition) is 2. The van der Waals surface area contributed by atoms with Gasteiger partial charge in [-0.2, -0.15) is 13.2 Å². The Morgan fingerprint density at radius 2 is 2.00 bits per heavy atom. The molecule has 0 saturated carbocycles. The highest BCUT2D eigenvalue weighted by Gasteiger charge is 2.31. The third kappa shape index (κ3) is 2.96. The zero-order valence-electron chi connectivity index (χ0n) is 8.83. The molecule has 0 aliphatic rings. The molecule has 16 heavy (non-hydrogen) atoms. The van der Waals surface area contributed by atoms with Crippen LogP contribution in [-0.2, 0) is 6.18 Å². The lowest BCUT2D eigenvalue weighted by atomic mass is 9.99. The zero-order valence-corrected chi connectivity index (χ0v) is 8.83. The Labute approximate surface area is 91.9 Å². The van der Waals surface area contributed by atoms with Crippen LogP contribution < -0.4 is 5.73 Å². The fourth-order valence-corrected chi connectivity index (χ4v) is 1.40. The smallest absolute Gasteiger partial charge is 0.391 e. The summed E-state index contributed by atoms with van der Waals surface area (Å²) in [5.74, 6) is 0. The molecule has 0 amide bonds. The zero-order chi connectivity index (χ0) is 12.3. The van der Waals surface area contributed by atoms with Crippen molar-refractivity contribution < 1.29 is 18.3 Å². The van der Waals surface area contributed by atoms with E-state index in [4.69, 9.17) is 5.73 Å². The highest BCUT2D eigenvalue weighted by molar-refractivity contribution is 5.28. The van der Waals surface area contributed by atoms with Gasteiger partial charge in [0.1, 0.15) is 0 Å². The molecule has 0 aromatic heterocycles. The van der Waals surface area contributed by atoms with E-state index in [0.717, 1.165) is 12.1 Å². The van der Waals surface area contributed by atoms with Crippen LogP contribution in [0.5, 0.6) is 0 Å². The predicted octanol–water partition coefficient (Wildman–Crippen LogP) is 2.48. The largest absolute Gasteiger partial charge is 0.416 e. The van der Waals surface area contributed by atoms with Gasteiger partial charge in [-0.1, -0.05) is 19.1 Å². The molecular formula is C11H14F3NO. The average Bonchev–Trinajstić information content (AvgIpc) is 2.26. The van der Waals surface area contributed by atoms with Crippen molar-refractivity contribution >= 4 is 0 Å². The lowest BCUT2D eigenvalue weighted by Gasteiger charge is -2.18. The van der Waals surface area contributed by atoms with E-state index in [1.807, 2.05) is 0 Å². The van der Waals surface area contributed by atoms with Gasteiger partial charge in [-0.15, -0.1) is 0 Å². The maximum Gasteiger partial charge on any atom is 0.416 e. The molecule has 0 fully saturated rings. The van der Waals surface area contributed by atoms with E-state index in [2.05, 4.69) is 0 Å². The van der Waals surface area contributed by atoms with E-state index >= 15 is 0 Å². The first kappa shape index (κ1) is 13.0. The van der Waals surface area contributed by atoms with E-state index in [-0.39, 0.29) is 0 Å². The molecule has 0 heterocycles. The highest BCUT2D eigenvalue weighted by atomic mass is 19.4. The van der Waals surface area contributed by atoms with Crippen molar-refractivity contribution in [3.63, 3.8) is 0 Å². The molecule has 0 unspecified atom stereocenters. The number of rotatable bonds is 3. The average molecular weight is 233 g/mol. The van der Waals surface area contributed by atoms with Gasteiger partial charge in [-0.3, -0.25) is 0 Å². The van der Waals surface area contributed by atoms with Gasteiger partial charge in [0.15, 0.2) is 0 Å². The molecule has 2 nitrogen and oxygen atoms in total. The van der Waals surface area contributed by atoms with Crippen molar-refractivity contribution in [1.29, 1.82) is 0 Å². The van der Waals surface area contributed by atoms with E-state index < -0.39 is 23.9 Å². The second kappa shape index (κ2) is 4.84. The van der Waals surface area contributed by atoms with Crippen molar-refractivity contribution in [1.82, 2.24) is 0 Å². The quantitative estimate of drug-likeness (QED) is 0.842. The first-order valence-corrected chi connectivity index (χ1v) is 4.97. The van der Waals surface area contributed by atoms with Gasteiger partial charge in [-0.25, -0.2) is 0 Å². The monoisotopic (exact) mass is 233 g/mol. The first-order valence-electron chi connectivity index (χ1n) is 4.97. The lowest BCUT2D eigenvalue weighted by molar-refractivity contribution is -0.137. The topological polar surface area (TPSA) is 46.2 Å². The Kier molecular flexibility index (Phi) is 3.93. The molecule has 0 aliphatic carbocycles. The van der Waals surface area contributed by atoms with Gasteiger partial charge >= 0.3 is 6.18 Å². The van der Waals surface area contributed by atoms with E-state index in [1.165, 1.54) is 12.1 Å². The number of aliphatic hydroxyl groups excluding tert-OH is 1. The molecule has 5 heteroatoms. The molecule has 90 valence electrons. The van der Waals surface area contributed by atoms with Crippen LogP contribution in [0.15, 0.2) is 24.3 Å². The maximum absolute atomic E-state index is 12.4. The normalized spacial score (nSPS) is 15.9. The van der Waals surface area contributed by atoms with Gasteiger partial charge in [0.25, 0.3) is 0 Å². The number of halogens is 3. The summed E-state index contributed by atoms with van der Waals surface area (Å²) >= 11 is 0. The van der Waals surface area contributed by atoms with Crippen LogP contribution in [0.3, 0.4) is 0 Å². The lowest BCUT2D eigenvalue weighted by Crippen LogP contribution is -2.25. The number of benzene rings is 1. The van der Waals surface area contributed by atoms with E-state index in [1.54, 1.807) is 6.92 Å².